The van der Waals surface area contributed by atoms with Crippen LogP contribution in [0.5, 0.6) is 0 Å². The minimum absolute atomic E-state index is 0.319. The highest BCUT2D eigenvalue weighted by atomic mass is 31.2. The molecular formula is C22H42O4P+. The van der Waals surface area contributed by atoms with Gasteiger partial charge in [0.1, 0.15) is 12.2 Å². The van der Waals surface area contributed by atoms with E-state index in [1.165, 1.54) is 58.9 Å². The summed E-state index contributed by atoms with van der Waals surface area (Å²) in [6, 6.07) is 0. The zero-order chi connectivity index (χ0) is 20.4. The zero-order valence-corrected chi connectivity index (χ0v) is 19.3. The molecule has 0 heterocycles. The van der Waals surface area contributed by atoms with E-state index >= 15 is 0 Å². The Kier molecular flexibility index (Phi) is 11.0. The third-order valence-corrected chi connectivity index (χ3v) is 7.11. The first-order valence-electron chi connectivity index (χ1n) is 10.4. The number of hydrogen-bond acceptors (Lipinski definition) is 4. The Morgan fingerprint density at radius 1 is 0.741 bits per heavy atom. The SMILES string of the molecule is COC1=C(OC)C(O)C(CCCCCCCCCC[P+](C)(C)C)=C(C)C1O. The molecule has 1 aliphatic rings. The second-order valence-electron chi connectivity index (χ2n) is 8.74. The number of unbranched alkanes of at least 4 members (excludes halogenated alkanes) is 7. The fourth-order valence-corrected chi connectivity index (χ4v) is 4.91. The molecule has 1 rings (SSSR count). The van der Waals surface area contributed by atoms with Crippen LogP contribution in [0.25, 0.3) is 0 Å². The largest absolute Gasteiger partial charge is 0.494 e. The quantitative estimate of drug-likeness (QED) is 0.260. The van der Waals surface area contributed by atoms with E-state index in [0.717, 1.165) is 30.4 Å². The molecule has 2 N–H and O–H groups in total. The third-order valence-electron chi connectivity index (χ3n) is 5.45. The summed E-state index contributed by atoms with van der Waals surface area (Å²) in [4.78, 5) is 0. The number of hydrogen-bond donors (Lipinski definition) is 2. The highest BCUT2D eigenvalue weighted by Gasteiger charge is 2.34. The highest BCUT2D eigenvalue weighted by Crippen LogP contribution is 2.47. The van der Waals surface area contributed by atoms with Crippen LogP contribution in [0.15, 0.2) is 22.7 Å². The number of ether oxygens (including phenoxy) is 2. The average Bonchev–Trinajstić information content (AvgIpc) is 2.60. The first kappa shape index (κ1) is 24.5. The van der Waals surface area contributed by atoms with Gasteiger partial charge >= 0.3 is 0 Å². The van der Waals surface area contributed by atoms with Gasteiger partial charge in [0.2, 0.25) is 0 Å². The molecule has 0 aliphatic heterocycles. The molecule has 4 nitrogen and oxygen atoms in total. The average molecular weight is 402 g/mol. The van der Waals surface area contributed by atoms with Crippen LogP contribution in [0, 0.1) is 0 Å². The normalized spacial score (nSPS) is 21.0. The van der Waals surface area contributed by atoms with E-state index in [1.54, 1.807) is 0 Å². The number of methoxy groups -OCH3 is 2. The van der Waals surface area contributed by atoms with Gasteiger partial charge in [0.15, 0.2) is 11.5 Å². The van der Waals surface area contributed by atoms with Crippen molar-refractivity contribution < 1.29 is 19.7 Å². The summed E-state index contributed by atoms with van der Waals surface area (Å²) < 4.78 is 10.5. The van der Waals surface area contributed by atoms with Crippen molar-refractivity contribution >= 4 is 7.26 Å². The van der Waals surface area contributed by atoms with E-state index in [-0.39, 0.29) is 0 Å². The topological polar surface area (TPSA) is 58.9 Å². The van der Waals surface area contributed by atoms with Crippen molar-refractivity contribution in [3.8, 4) is 0 Å². The molecule has 0 amide bonds. The highest BCUT2D eigenvalue weighted by molar-refractivity contribution is 7.73. The molecule has 2 unspecified atom stereocenters. The van der Waals surface area contributed by atoms with Gasteiger partial charge in [0.05, 0.1) is 20.4 Å². The Morgan fingerprint density at radius 3 is 1.67 bits per heavy atom. The number of rotatable bonds is 13. The fourth-order valence-electron chi connectivity index (χ4n) is 3.74. The van der Waals surface area contributed by atoms with Crippen LogP contribution in [0.3, 0.4) is 0 Å². The van der Waals surface area contributed by atoms with Crippen molar-refractivity contribution in [1.82, 2.24) is 0 Å². The van der Waals surface area contributed by atoms with E-state index in [4.69, 9.17) is 9.47 Å². The molecule has 0 fully saturated rings. The van der Waals surface area contributed by atoms with Crippen LogP contribution in [0.4, 0.5) is 0 Å². The second-order valence-corrected chi connectivity index (χ2v) is 13.8. The lowest BCUT2D eigenvalue weighted by atomic mass is 9.87. The van der Waals surface area contributed by atoms with E-state index in [9.17, 15) is 10.2 Å². The minimum atomic E-state index is -0.820. The van der Waals surface area contributed by atoms with Crippen molar-refractivity contribution in [3.05, 3.63) is 22.7 Å². The summed E-state index contributed by atoms with van der Waals surface area (Å²) in [5.41, 5.74) is 1.67. The number of aliphatic hydroxyl groups is 2. The van der Waals surface area contributed by atoms with E-state index < -0.39 is 19.5 Å². The lowest BCUT2D eigenvalue weighted by molar-refractivity contribution is 0.0785. The third kappa shape index (κ3) is 8.13. The smallest absolute Gasteiger partial charge is 0.169 e. The summed E-state index contributed by atoms with van der Waals surface area (Å²) in [5.74, 6) is 0.656. The summed E-state index contributed by atoms with van der Waals surface area (Å²) in [7, 11) is 2.41. The van der Waals surface area contributed by atoms with Crippen molar-refractivity contribution in [3.63, 3.8) is 0 Å². The predicted molar refractivity (Wildman–Crippen MR) is 117 cm³/mol. The molecule has 158 valence electrons. The van der Waals surface area contributed by atoms with Crippen molar-refractivity contribution in [2.75, 3.05) is 40.4 Å². The van der Waals surface area contributed by atoms with Gasteiger partial charge in [0.25, 0.3) is 0 Å². The standard InChI is InChI=1S/C22H42O4P/c1-17-18(20(24)22(26-3)21(25-2)19(17)23)15-13-11-9-7-8-10-12-14-16-27(4,5)6/h19-20,23-24H,7-16H2,1-6H3/q+1. The van der Waals surface area contributed by atoms with Gasteiger partial charge in [0, 0.05) is 27.3 Å². The van der Waals surface area contributed by atoms with E-state index in [0.29, 0.717) is 11.5 Å². The monoisotopic (exact) mass is 401 g/mol. The molecule has 5 heteroatoms. The molecule has 1 aliphatic carbocycles. The Labute approximate surface area is 167 Å². The van der Waals surface area contributed by atoms with Crippen LogP contribution in [-0.4, -0.2) is 62.8 Å². The van der Waals surface area contributed by atoms with Gasteiger partial charge in [-0.2, -0.15) is 0 Å². The van der Waals surface area contributed by atoms with E-state index in [1.807, 2.05) is 6.92 Å². The van der Waals surface area contributed by atoms with Crippen molar-refractivity contribution in [1.29, 1.82) is 0 Å². The maximum Gasteiger partial charge on any atom is 0.169 e. The minimum Gasteiger partial charge on any atom is -0.494 e. The van der Waals surface area contributed by atoms with E-state index in [2.05, 4.69) is 20.0 Å². The second kappa shape index (κ2) is 12.1. The van der Waals surface area contributed by atoms with Crippen LogP contribution in [0.1, 0.15) is 64.7 Å². The van der Waals surface area contributed by atoms with Crippen molar-refractivity contribution in [2.45, 2.75) is 76.9 Å². The first-order chi connectivity index (χ1) is 12.7. The number of aliphatic hydroxyl groups excluding tert-OH is 2. The summed E-state index contributed by atoms with van der Waals surface area (Å²) in [5, 5.41) is 21.0. The molecular weight excluding hydrogens is 359 g/mol. The van der Waals surface area contributed by atoms with Crippen LogP contribution in [-0.2, 0) is 9.47 Å². The van der Waals surface area contributed by atoms with Crippen LogP contribution in [0.2, 0.25) is 0 Å². The first-order valence-corrected chi connectivity index (χ1v) is 13.7. The predicted octanol–water partition coefficient (Wildman–Crippen LogP) is 4.96. The summed E-state index contributed by atoms with van der Waals surface area (Å²) in [6.45, 7) is 9.14. The molecule has 0 aromatic carbocycles. The lowest BCUT2D eigenvalue weighted by Gasteiger charge is -2.30. The van der Waals surface area contributed by atoms with Gasteiger partial charge in [-0.1, -0.05) is 32.1 Å². The van der Waals surface area contributed by atoms with Gasteiger partial charge in [-0.25, -0.2) is 0 Å². The molecule has 0 spiro atoms. The Hall–Kier alpha value is -0.570. The molecule has 0 aromatic rings. The van der Waals surface area contributed by atoms with Gasteiger partial charge in [-0.15, -0.1) is 0 Å². The summed E-state index contributed by atoms with van der Waals surface area (Å²) >= 11 is 0. The molecule has 0 bridgehead atoms. The van der Waals surface area contributed by atoms with Gasteiger partial charge in [-0.3, -0.25) is 0 Å². The van der Waals surface area contributed by atoms with Gasteiger partial charge in [-0.05, 0) is 43.8 Å². The maximum absolute atomic E-state index is 10.6. The van der Waals surface area contributed by atoms with Crippen LogP contribution >= 0.6 is 7.26 Å². The summed E-state index contributed by atoms with van der Waals surface area (Å²) in [6.07, 6.45) is 10.8. The van der Waals surface area contributed by atoms with Crippen molar-refractivity contribution in [2.24, 2.45) is 0 Å². The molecule has 27 heavy (non-hydrogen) atoms. The Bertz CT molecular complexity index is 505. The van der Waals surface area contributed by atoms with Crippen LogP contribution < -0.4 is 0 Å². The lowest BCUT2D eigenvalue weighted by Crippen LogP contribution is -2.31. The Morgan fingerprint density at radius 2 is 1.19 bits per heavy atom. The molecule has 0 radical (unpaired) electrons. The molecule has 0 saturated carbocycles. The maximum atomic E-state index is 10.6. The fraction of sp³-hybridized carbons (Fsp3) is 0.818. The molecule has 0 aromatic heterocycles. The zero-order valence-electron chi connectivity index (χ0n) is 18.4. The Balaban J connectivity index is 2.25. The van der Waals surface area contributed by atoms with Gasteiger partial charge < -0.3 is 19.7 Å². The molecule has 2 atom stereocenters. The molecule has 0 saturated heterocycles.